The van der Waals surface area contributed by atoms with Crippen molar-refractivity contribution < 1.29 is 14.1 Å². The van der Waals surface area contributed by atoms with Gasteiger partial charge in [0.05, 0.1) is 0 Å². The standard InChI is InChI=1S/C17H30O3S/c1-2-21(20)16-14-12-10-8-6-4-3-5-7-9-11-13-15-17(18)19/h2-12,14,16H2,1H3,(H,18,19). The summed E-state index contributed by atoms with van der Waals surface area (Å²) in [5.74, 6) is 5.43. The number of aliphatic carboxylic acids is 1. The molecule has 0 heterocycles. The summed E-state index contributed by atoms with van der Waals surface area (Å²) in [6, 6.07) is 0. The number of hydrogen-bond donors (Lipinski definition) is 1. The van der Waals surface area contributed by atoms with Crippen molar-refractivity contribution in [3.63, 3.8) is 0 Å². The highest BCUT2D eigenvalue weighted by molar-refractivity contribution is 7.84. The van der Waals surface area contributed by atoms with Crippen molar-refractivity contribution in [3.8, 4) is 11.8 Å². The molecule has 1 N–H and O–H groups in total. The van der Waals surface area contributed by atoms with E-state index in [0.29, 0.717) is 6.42 Å². The fourth-order valence-electron chi connectivity index (χ4n) is 2.17. The Labute approximate surface area is 132 Å². The normalized spacial score (nSPS) is 11.7. The van der Waals surface area contributed by atoms with Crippen LogP contribution >= 0.6 is 0 Å². The maximum Gasteiger partial charge on any atom is 0.381 e. The Morgan fingerprint density at radius 3 is 1.86 bits per heavy atom. The van der Waals surface area contributed by atoms with Gasteiger partial charge in [-0.1, -0.05) is 64.2 Å². The zero-order valence-corrected chi connectivity index (χ0v) is 14.2. The summed E-state index contributed by atoms with van der Waals surface area (Å²) in [5, 5.41) is 8.34. The second-order valence-corrected chi connectivity index (χ2v) is 7.19. The zero-order valence-electron chi connectivity index (χ0n) is 13.4. The number of carboxylic acids is 1. The number of carbonyl (C=O) groups is 1. The molecule has 0 aliphatic rings. The molecular formula is C17H30O3S. The summed E-state index contributed by atoms with van der Waals surface area (Å²) in [7, 11) is -0.587. The largest absolute Gasteiger partial charge is 0.472 e. The lowest BCUT2D eigenvalue weighted by molar-refractivity contribution is -0.130. The van der Waals surface area contributed by atoms with Crippen LogP contribution in [0.15, 0.2) is 0 Å². The van der Waals surface area contributed by atoms with Gasteiger partial charge in [-0.2, -0.15) is 0 Å². The molecule has 122 valence electrons. The maximum absolute atomic E-state index is 11.2. The first-order valence-corrected chi connectivity index (χ1v) is 9.72. The molecule has 4 heteroatoms. The van der Waals surface area contributed by atoms with Crippen LogP contribution in [0.5, 0.6) is 0 Å². The van der Waals surface area contributed by atoms with Gasteiger partial charge in [-0.25, -0.2) is 4.79 Å². The zero-order chi connectivity index (χ0) is 15.8. The molecule has 0 amide bonds. The van der Waals surface area contributed by atoms with Crippen LogP contribution in [-0.2, 0) is 15.6 Å². The first kappa shape index (κ1) is 20.2. The van der Waals surface area contributed by atoms with Crippen LogP contribution in [0.25, 0.3) is 0 Å². The summed E-state index contributed by atoms with van der Waals surface area (Å²) < 4.78 is 11.2. The third-order valence-electron chi connectivity index (χ3n) is 3.44. The van der Waals surface area contributed by atoms with E-state index in [1.807, 2.05) is 6.92 Å². The molecule has 0 aliphatic heterocycles. The molecule has 0 spiro atoms. The first-order valence-electron chi connectivity index (χ1n) is 8.23. The Morgan fingerprint density at radius 2 is 1.38 bits per heavy atom. The van der Waals surface area contributed by atoms with Crippen molar-refractivity contribution >= 4 is 16.8 Å². The maximum atomic E-state index is 11.2. The second-order valence-electron chi connectivity index (χ2n) is 5.33. The highest BCUT2D eigenvalue weighted by atomic mass is 32.2. The highest BCUT2D eigenvalue weighted by Gasteiger charge is 1.96. The molecule has 3 nitrogen and oxygen atoms in total. The van der Waals surface area contributed by atoms with Gasteiger partial charge in [-0.15, -0.1) is 0 Å². The van der Waals surface area contributed by atoms with E-state index in [2.05, 4.69) is 11.8 Å². The Bertz CT molecular complexity index is 342. The van der Waals surface area contributed by atoms with Crippen LogP contribution in [0.3, 0.4) is 0 Å². The minimum Gasteiger partial charge on any atom is -0.472 e. The Kier molecular flexibility index (Phi) is 15.0. The van der Waals surface area contributed by atoms with E-state index < -0.39 is 16.8 Å². The van der Waals surface area contributed by atoms with E-state index >= 15 is 0 Å². The molecule has 1 atom stereocenters. The van der Waals surface area contributed by atoms with Crippen molar-refractivity contribution in [1.82, 2.24) is 0 Å². The van der Waals surface area contributed by atoms with Gasteiger partial charge in [-0.3, -0.25) is 4.21 Å². The molecular weight excluding hydrogens is 284 g/mol. The summed E-state index contributed by atoms with van der Waals surface area (Å²) in [6.45, 7) is 1.98. The summed E-state index contributed by atoms with van der Waals surface area (Å²) in [6.07, 6.45) is 12.8. The molecule has 0 aromatic heterocycles. The Balaban J connectivity index is 3.11. The van der Waals surface area contributed by atoms with Gasteiger partial charge in [0, 0.05) is 34.6 Å². The predicted octanol–water partition coefficient (Wildman–Crippen LogP) is 4.13. The average Bonchev–Trinajstić information content (AvgIpc) is 2.46. The van der Waals surface area contributed by atoms with E-state index in [1.165, 1.54) is 44.9 Å². The van der Waals surface area contributed by atoms with Gasteiger partial charge in [0.15, 0.2) is 0 Å². The van der Waals surface area contributed by atoms with Gasteiger partial charge >= 0.3 is 5.97 Å². The molecule has 0 radical (unpaired) electrons. The van der Waals surface area contributed by atoms with Gasteiger partial charge in [0.25, 0.3) is 0 Å². The van der Waals surface area contributed by atoms with E-state index in [4.69, 9.17) is 5.11 Å². The van der Waals surface area contributed by atoms with Crippen LogP contribution in [0, 0.1) is 11.8 Å². The number of unbranched alkanes of at least 4 members (excludes halogenated alkanes) is 10. The van der Waals surface area contributed by atoms with Crippen LogP contribution in [0.2, 0.25) is 0 Å². The molecule has 1 unspecified atom stereocenters. The monoisotopic (exact) mass is 314 g/mol. The van der Waals surface area contributed by atoms with Gasteiger partial charge in [0.2, 0.25) is 0 Å². The molecule has 0 bridgehead atoms. The third-order valence-corrected chi connectivity index (χ3v) is 4.83. The van der Waals surface area contributed by atoms with E-state index in [1.54, 1.807) is 0 Å². The van der Waals surface area contributed by atoms with E-state index in [-0.39, 0.29) is 0 Å². The summed E-state index contributed by atoms with van der Waals surface area (Å²) in [4.78, 5) is 10.2. The second kappa shape index (κ2) is 15.6. The lowest BCUT2D eigenvalue weighted by Crippen LogP contribution is -1.99. The lowest BCUT2D eigenvalue weighted by Gasteiger charge is -2.02. The molecule has 0 aromatic rings. The van der Waals surface area contributed by atoms with Crippen molar-refractivity contribution in [2.24, 2.45) is 0 Å². The molecule has 0 fully saturated rings. The quantitative estimate of drug-likeness (QED) is 0.411. The Morgan fingerprint density at radius 1 is 0.905 bits per heavy atom. The van der Waals surface area contributed by atoms with E-state index in [0.717, 1.165) is 30.8 Å². The molecule has 0 saturated heterocycles. The minimum absolute atomic E-state index is 0.587. The van der Waals surface area contributed by atoms with Gasteiger partial charge in [0.1, 0.15) is 0 Å². The van der Waals surface area contributed by atoms with Gasteiger partial charge < -0.3 is 5.11 Å². The van der Waals surface area contributed by atoms with E-state index in [9.17, 15) is 9.00 Å². The van der Waals surface area contributed by atoms with Crippen molar-refractivity contribution in [3.05, 3.63) is 0 Å². The van der Waals surface area contributed by atoms with Crippen molar-refractivity contribution in [2.45, 2.75) is 77.6 Å². The topological polar surface area (TPSA) is 54.4 Å². The molecule has 21 heavy (non-hydrogen) atoms. The van der Waals surface area contributed by atoms with Crippen molar-refractivity contribution in [2.75, 3.05) is 11.5 Å². The number of carboxylic acid groups (broad SMARTS) is 1. The highest BCUT2D eigenvalue weighted by Crippen LogP contribution is 2.11. The lowest BCUT2D eigenvalue weighted by atomic mass is 10.1. The Hall–Kier alpha value is -0.820. The minimum atomic E-state index is -1.03. The van der Waals surface area contributed by atoms with Crippen molar-refractivity contribution in [1.29, 1.82) is 0 Å². The number of hydrogen-bond acceptors (Lipinski definition) is 2. The van der Waals surface area contributed by atoms with Gasteiger partial charge in [-0.05, 0) is 12.8 Å². The SMILES string of the molecule is CCS(=O)CCCCCCCCCCCCC#CC(=O)O. The first-order chi connectivity index (χ1) is 10.2. The molecule has 0 aliphatic carbocycles. The van der Waals surface area contributed by atoms with Crippen LogP contribution < -0.4 is 0 Å². The molecule has 0 saturated carbocycles. The van der Waals surface area contributed by atoms with Crippen LogP contribution in [0.4, 0.5) is 0 Å². The molecule has 0 rings (SSSR count). The smallest absolute Gasteiger partial charge is 0.381 e. The third kappa shape index (κ3) is 17.1. The molecule has 0 aromatic carbocycles. The van der Waals surface area contributed by atoms with Crippen LogP contribution in [0.1, 0.15) is 77.6 Å². The van der Waals surface area contributed by atoms with Crippen LogP contribution in [-0.4, -0.2) is 26.8 Å². The summed E-state index contributed by atoms with van der Waals surface area (Å²) in [5.41, 5.74) is 0. The predicted molar refractivity (Wildman–Crippen MR) is 89.7 cm³/mol. The average molecular weight is 314 g/mol. The fraction of sp³-hybridized carbons (Fsp3) is 0.824. The summed E-state index contributed by atoms with van der Waals surface area (Å²) >= 11 is 0. The fourth-order valence-corrected chi connectivity index (χ4v) is 2.99. The number of rotatable bonds is 13.